The van der Waals surface area contributed by atoms with Crippen molar-refractivity contribution in [3.8, 4) is 5.75 Å². The summed E-state index contributed by atoms with van der Waals surface area (Å²) in [6.45, 7) is 2.17. The van der Waals surface area contributed by atoms with Crippen molar-refractivity contribution in [3.05, 3.63) is 46.9 Å². The quantitative estimate of drug-likeness (QED) is 0.413. The zero-order valence-electron chi connectivity index (χ0n) is 16.2. The molecule has 3 rings (SSSR count). The minimum absolute atomic E-state index is 0.145. The van der Waals surface area contributed by atoms with Crippen molar-refractivity contribution >= 4 is 23.6 Å². The summed E-state index contributed by atoms with van der Waals surface area (Å²) in [6, 6.07) is 7.52. The molecule has 7 nitrogen and oxygen atoms in total. The van der Waals surface area contributed by atoms with Gasteiger partial charge in [0.05, 0.1) is 25.7 Å². The van der Waals surface area contributed by atoms with Gasteiger partial charge in [-0.15, -0.1) is 0 Å². The minimum atomic E-state index is -0.487. The number of rotatable bonds is 8. The first kappa shape index (κ1) is 20.1. The smallest absolute Gasteiger partial charge is 0.342 e. The van der Waals surface area contributed by atoms with Crippen LogP contribution in [-0.4, -0.2) is 41.8 Å². The third-order valence-electron chi connectivity index (χ3n) is 4.37. The largest absolute Gasteiger partial charge is 0.497 e. The number of hydrogen-bond acceptors (Lipinski definition) is 7. The molecule has 0 radical (unpaired) electrons. The summed E-state index contributed by atoms with van der Waals surface area (Å²) in [5, 5.41) is 3.37. The van der Waals surface area contributed by atoms with Crippen LogP contribution in [0.5, 0.6) is 5.75 Å². The Labute approximate surface area is 168 Å². The second-order valence-corrected chi connectivity index (χ2v) is 7.49. The van der Waals surface area contributed by atoms with E-state index in [9.17, 15) is 9.59 Å². The predicted octanol–water partition coefficient (Wildman–Crippen LogP) is 2.87. The maximum Gasteiger partial charge on any atom is 0.342 e. The second kappa shape index (κ2) is 9.05. The summed E-state index contributed by atoms with van der Waals surface area (Å²) in [4.78, 5) is 33.4. The molecule has 1 aliphatic carbocycles. The van der Waals surface area contributed by atoms with E-state index in [1.54, 1.807) is 14.0 Å². The van der Waals surface area contributed by atoms with Crippen LogP contribution in [0.1, 0.15) is 46.2 Å². The number of methoxy groups -OCH3 is 2. The molecule has 1 N–H and O–H groups in total. The van der Waals surface area contributed by atoms with E-state index >= 15 is 0 Å². The molecule has 1 fully saturated rings. The second-order valence-electron chi connectivity index (χ2n) is 6.53. The van der Waals surface area contributed by atoms with E-state index in [1.165, 1.54) is 18.9 Å². The van der Waals surface area contributed by atoms with E-state index < -0.39 is 5.97 Å². The van der Waals surface area contributed by atoms with Gasteiger partial charge in [0.2, 0.25) is 5.91 Å². The minimum Gasteiger partial charge on any atom is -0.497 e. The molecule has 0 aliphatic heterocycles. The molecule has 1 aromatic carbocycles. The van der Waals surface area contributed by atoms with E-state index in [-0.39, 0.29) is 11.7 Å². The zero-order valence-corrected chi connectivity index (χ0v) is 17.0. The van der Waals surface area contributed by atoms with Gasteiger partial charge < -0.3 is 14.8 Å². The van der Waals surface area contributed by atoms with Gasteiger partial charge in [0.15, 0.2) is 0 Å². The van der Waals surface area contributed by atoms with Crippen molar-refractivity contribution in [2.75, 3.05) is 20.0 Å². The molecule has 0 spiro atoms. The number of carbonyl (C=O) groups excluding carboxylic acids is 2. The summed E-state index contributed by atoms with van der Waals surface area (Å²) in [5.74, 6) is 1.35. The van der Waals surface area contributed by atoms with Gasteiger partial charge in [-0.2, -0.15) is 0 Å². The van der Waals surface area contributed by atoms with Crippen LogP contribution < -0.4 is 10.1 Å². The Hall–Kier alpha value is -2.61. The van der Waals surface area contributed by atoms with Crippen molar-refractivity contribution in [2.45, 2.75) is 37.3 Å². The summed E-state index contributed by atoms with van der Waals surface area (Å²) >= 11 is 1.23. The third-order valence-corrected chi connectivity index (χ3v) is 5.35. The average molecular weight is 401 g/mol. The number of esters is 1. The fraction of sp³-hybridized carbons (Fsp3) is 0.400. The Bertz CT molecular complexity index is 884. The van der Waals surface area contributed by atoms with Crippen molar-refractivity contribution in [1.29, 1.82) is 0 Å². The normalized spacial score (nSPS) is 13.1. The molecule has 1 aliphatic rings. The molecule has 2 aromatic rings. The maximum atomic E-state index is 12.3. The van der Waals surface area contributed by atoms with Crippen LogP contribution in [0.25, 0.3) is 0 Å². The van der Waals surface area contributed by atoms with Gasteiger partial charge in [-0.05, 0) is 37.5 Å². The summed E-state index contributed by atoms with van der Waals surface area (Å²) < 4.78 is 10.0. The van der Waals surface area contributed by atoms with Crippen LogP contribution in [0.2, 0.25) is 0 Å². The zero-order chi connectivity index (χ0) is 20.1. The number of thioether (sulfide) groups is 1. The first-order valence-electron chi connectivity index (χ1n) is 9.01. The molecule has 0 saturated heterocycles. The molecule has 0 bridgehead atoms. The SMILES string of the molecule is COC(=O)c1c(C)nc(C2CC2)nc1SCC(=O)NCc1cccc(OC)c1. The lowest BCUT2D eigenvalue weighted by molar-refractivity contribution is -0.118. The van der Waals surface area contributed by atoms with E-state index in [1.807, 2.05) is 24.3 Å². The Balaban J connectivity index is 1.65. The summed E-state index contributed by atoms with van der Waals surface area (Å²) in [5.41, 5.74) is 1.86. The van der Waals surface area contributed by atoms with Crippen LogP contribution in [-0.2, 0) is 16.1 Å². The van der Waals surface area contributed by atoms with E-state index in [2.05, 4.69) is 15.3 Å². The molecule has 148 valence electrons. The summed E-state index contributed by atoms with van der Waals surface area (Å²) in [6.07, 6.45) is 2.12. The highest BCUT2D eigenvalue weighted by Gasteiger charge is 2.29. The van der Waals surface area contributed by atoms with E-state index in [0.29, 0.717) is 28.7 Å². The van der Waals surface area contributed by atoms with Gasteiger partial charge in [-0.3, -0.25) is 4.79 Å². The van der Waals surface area contributed by atoms with Crippen LogP contribution in [0.15, 0.2) is 29.3 Å². The highest BCUT2D eigenvalue weighted by Crippen LogP contribution is 2.39. The van der Waals surface area contributed by atoms with E-state index in [4.69, 9.17) is 9.47 Å². The molecule has 0 atom stereocenters. The van der Waals surface area contributed by atoms with Crippen LogP contribution in [0, 0.1) is 6.92 Å². The van der Waals surface area contributed by atoms with E-state index in [0.717, 1.165) is 30.0 Å². The van der Waals surface area contributed by atoms with Gasteiger partial charge in [0.1, 0.15) is 22.2 Å². The number of benzene rings is 1. The van der Waals surface area contributed by atoms with Gasteiger partial charge in [-0.25, -0.2) is 14.8 Å². The molecule has 1 heterocycles. The first-order valence-corrected chi connectivity index (χ1v) is 9.99. The van der Waals surface area contributed by atoms with Crippen molar-refractivity contribution < 1.29 is 19.1 Å². The van der Waals surface area contributed by atoms with Crippen LogP contribution in [0.4, 0.5) is 0 Å². The maximum absolute atomic E-state index is 12.3. The highest BCUT2D eigenvalue weighted by atomic mass is 32.2. The molecule has 0 unspecified atom stereocenters. The van der Waals surface area contributed by atoms with Gasteiger partial charge in [0.25, 0.3) is 0 Å². The lowest BCUT2D eigenvalue weighted by Crippen LogP contribution is -2.25. The third kappa shape index (κ3) is 5.01. The number of hydrogen-bond donors (Lipinski definition) is 1. The van der Waals surface area contributed by atoms with Crippen LogP contribution in [0.3, 0.4) is 0 Å². The van der Waals surface area contributed by atoms with Crippen molar-refractivity contribution in [2.24, 2.45) is 0 Å². The topological polar surface area (TPSA) is 90.4 Å². The lowest BCUT2D eigenvalue weighted by atomic mass is 10.2. The number of aromatic nitrogens is 2. The number of nitrogens with one attached hydrogen (secondary N) is 1. The predicted molar refractivity (Wildman–Crippen MR) is 106 cm³/mol. The van der Waals surface area contributed by atoms with Crippen LogP contribution >= 0.6 is 11.8 Å². The number of nitrogens with zero attached hydrogens (tertiary/aromatic N) is 2. The Kier molecular flexibility index (Phi) is 6.51. The standard InChI is InChI=1S/C20H23N3O4S/c1-12-17(20(25)27-3)19(23-18(22-12)14-7-8-14)28-11-16(24)21-10-13-5-4-6-15(9-13)26-2/h4-6,9,14H,7-8,10-11H2,1-3H3,(H,21,24). The molecule has 1 aromatic heterocycles. The van der Waals surface area contributed by atoms with Crippen molar-refractivity contribution in [1.82, 2.24) is 15.3 Å². The molecule has 8 heteroatoms. The van der Waals surface area contributed by atoms with Crippen molar-refractivity contribution in [3.63, 3.8) is 0 Å². The molecule has 1 saturated carbocycles. The number of ether oxygens (including phenoxy) is 2. The average Bonchev–Trinajstić information content (AvgIpc) is 3.55. The van der Waals surface area contributed by atoms with Gasteiger partial charge in [0, 0.05) is 12.5 Å². The van der Waals surface area contributed by atoms with Gasteiger partial charge in [-0.1, -0.05) is 23.9 Å². The molecule has 1 amide bonds. The van der Waals surface area contributed by atoms with Gasteiger partial charge >= 0.3 is 5.97 Å². The highest BCUT2D eigenvalue weighted by molar-refractivity contribution is 8.00. The first-order chi connectivity index (χ1) is 13.5. The number of carbonyl (C=O) groups is 2. The Morgan fingerprint density at radius 3 is 2.71 bits per heavy atom. The molecular formula is C20H23N3O4S. The Morgan fingerprint density at radius 2 is 2.04 bits per heavy atom. The Morgan fingerprint density at radius 1 is 1.25 bits per heavy atom. The fourth-order valence-electron chi connectivity index (χ4n) is 2.70. The number of aryl methyl sites for hydroxylation is 1. The summed E-state index contributed by atoms with van der Waals surface area (Å²) in [7, 11) is 2.93. The lowest BCUT2D eigenvalue weighted by Gasteiger charge is -2.11. The fourth-order valence-corrected chi connectivity index (χ4v) is 3.60. The molecule has 28 heavy (non-hydrogen) atoms. The molecular weight excluding hydrogens is 378 g/mol. The number of amides is 1. The monoisotopic (exact) mass is 401 g/mol.